The van der Waals surface area contributed by atoms with Crippen LogP contribution in [0.2, 0.25) is 0 Å². The molecular weight excluding hydrogens is 290 g/mol. The molecule has 0 amide bonds. The third-order valence-corrected chi connectivity index (χ3v) is 5.12. The third kappa shape index (κ3) is 3.56. The summed E-state index contributed by atoms with van der Waals surface area (Å²) in [5.41, 5.74) is 0.900. The number of hydrogen-bond acceptors (Lipinski definition) is 5. The first-order chi connectivity index (χ1) is 10.0. The SMILES string of the molecule is CS(=O)(=O)c1ccc2c(c1)OC(CN1CCCCC1)OC2. The Morgan fingerprint density at radius 2 is 2.00 bits per heavy atom. The van der Waals surface area contributed by atoms with Crippen molar-refractivity contribution in [2.75, 3.05) is 25.9 Å². The van der Waals surface area contributed by atoms with Gasteiger partial charge in [0, 0.05) is 11.8 Å². The smallest absolute Gasteiger partial charge is 0.213 e. The Kier molecular flexibility index (Phi) is 4.19. The van der Waals surface area contributed by atoms with Crippen LogP contribution in [0.15, 0.2) is 23.1 Å². The average Bonchev–Trinajstić information content (AvgIpc) is 2.46. The Morgan fingerprint density at radius 3 is 2.71 bits per heavy atom. The molecule has 0 spiro atoms. The lowest BCUT2D eigenvalue weighted by Crippen LogP contribution is -2.41. The molecule has 5 nitrogen and oxygen atoms in total. The van der Waals surface area contributed by atoms with E-state index in [-0.39, 0.29) is 6.29 Å². The van der Waals surface area contributed by atoms with Crippen molar-refractivity contribution >= 4 is 9.84 Å². The van der Waals surface area contributed by atoms with Crippen molar-refractivity contribution in [2.45, 2.75) is 37.1 Å². The van der Waals surface area contributed by atoms with E-state index in [1.807, 2.05) is 0 Å². The normalized spacial score (nSPS) is 23.4. The number of benzene rings is 1. The first-order valence-electron chi connectivity index (χ1n) is 7.36. The molecule has 1 unspecified atom stereocenters. The number of sulfone groups is 1. The van der Waals surface area contributed by atoms with Crippen molar-refractivity contribution in [3.05, 3.63) is 23.8 Å². The van der Waals surface area contributed by atoms with Crippen molar-refractivity contribution in [1.29, 1.82) is 0 Å². The Hall–Kier alpha value is -1.11. The van der Waals surface area contributed by atoms with Crippen LogP contribution in [-0.4, -0.2) is 45.5 Å². The van der Waals surface area contributed by atoms with Crippen molar-refractivity contribution in [3.63, 3.8) is 0 Å². The van der Waals surface area contributed by atoms with Crippen molar-refractivity contribution in [3.8, 4) is 5.75 Å². The summed E-state index contributed by atoms with van der Waals surface area (Å²) in [6, 6.07) is 4.98. The maximum Gasteiger partial charge on any atom is 0.213 e. The molecule has 21 heavy (non-hydrogen) atoms. The van der Waals surface area contributed by atoms with Gasteiger partial charge in [-0.3, -0.25) is 4.90 Å². The number of fused-ring (bicyclic) bond motifs is 1. The van der Waals surface area contributed by atoms with E-state index in [1.54, 1.807) is 18.2 Å². The van der Waals surface area contributed by atoms with Gasteiger partial charge in [-0.05, 0) is 38.1 Å². The van der Waals surface area contributed by atoms with E-state index in [0.29, 0.717) is 17.3 Å². The molecule has 0 radical (unpaired) electrons. The highest BCUT2D eigenvalue weighted by Gasteiger charge is 2.24. The standard InChI is InChI=1S/C15H21NO4S/c1-21(17,18)13-6-5-12-11-19-15(20-14(12)9-13)10-16-7-3-2-4-8-16/h5-6,9,15H,2-4,7-8,10-11H2,1H3. The van der Waals surface area contributed by atoms with E-state index in [9.17, 15) is 8.42 Å². The molecule has 2 aliphatic heterocycles. The Bertz CT molecular complexity index is 608. The van der Waals surface area contributed by atoms with Crippen LogP contribution in [0.3, 0.4) is 0 Å². The highest BCUT2D eigenvalue weighted by atomic mass is 32.2. The highest BCUT2D eigenvalue weighted by Crippen LogP contribution is 2.29. The molecule has 0 aromatic heterocycles. The molecule has 0 aliphatic carbocycles. The average molecular weight is 311 g/mol. The second-order valence-corrected chi connectivity index (χ2v) is 7.78. The minimum absolute atomic E-state index is 0.292. The molecule has 1 saturated heterocycles. The lowest BCUT2D eigenvalue weighted by Gasteiger charge is -2.33. The quantitative estimate of drug-likeness (QED) is 0.852. The number of likely N-dealkylation sites (tertiary alicyclic amines) is 1. The maximum atomic E-state index is 11.6. The first-order valence-corrected chi connectivity index (χ1v) is 9.25. The first kappa shape index (κ1) is 14.8. The lowest BCUT2D eigenvalue weighted by molar-refractivity contribution is -0.122. The van der Waals surface area contributed by atoms with Gasteiger partial charge in [0.15, 0.2) is 9.84 Å². The van der Waals surface area contributed by atoms with Gasteiger partial charge in [0.1, 0.15) is 5.75 Å². The topological polar surface area (TPSA) is 55.8 Å². The summed E-state index contributed by atoms with van der Waals surface area (Å²) in [7, 11) is -3.21. The van der Waals surface area contributed by atoms with Crippen LogP contribution in [0.1, 0.15) is 24.8 Å². The Morgan fingerprint density at radius 1 is 1.24 bits per heavy atom. The number of ether oxygens (including phenoxy) is 2. The summed E-state index contributed by atoms with van der Waals surface area (Å²) in [5, 5.41) is 0. The van der Waals surface area contributed by atoms with Crippen LogP contribution in [-0.2, 0) is 21.2 Å². The minimum Gasteiger partial charge on any atom is -0.463 e. The van der Waals surface area contributed by atoms with Crippen LogP contribution in [0.25, 0.3) is 0 Å². The second-order valence-electron chi connectivity index (χ2n) is 5.76. The number of hydrogen-bond donors (Lipinski definition) is 0. The largest absolute Gasteiger partial charge is 0.463 e. The summed E-state index contributed by atoms with van der Waals surface area (Å²) in [4.78, 5) is 2.64. The fraction of sp³-hybridized carbons (Fsp3) is 0.600. The van der Waals surface area contributed by atoms with Crippen molar-refractivity contribution in [2.24, 2.45) is 0 Å². The lowest BCUT2D eigenvalue weighted by atomic mass is 10.1. The van der Waals surface area contributed by atoms with E-state index < -0.39 is 9.84 Å². The zero-order valence-electron chi connectivity index (χ0n) is 12.2. The molecule has 116 valence electrons. The van der Waals surface area contributed by atoms with Crippen LogP contribution < -0.4 is 4.74 Å². The summed E-state index contributed by atoms with van der Waals surface area (Å²) in [5.74, 6) is 0.631. The van der Waals surface area contributed by atoms with Crippen molar-refractivity contribution < 1.29 is 17.9 Å². The number of nitrogens with zero attached hydrogens (tertiary/aromatic N) is 1. The summed E-state index contributed by atoms with van der Waals surface area (Å²) >= 11 is 0. The van der Waals surface area contributed by atoms with Gasteiger partial charge in [0.05, 0.1) is 18.0 Å². The van der Waals surface area contributed by atoms with Gasteiger partial charge < -0.3 is 9.47 Å². The molecule has 2 heterocycles. The molecule has 6 heteroatoms. The molecule has 0 N–H and O–H groups in total. The van der Waals surface area contributed by atoms with E-state index in [1.165, 1.54) is 25.5 Å². The fourth-order valence-electron chi connectivity index (χ4n) is 2.80. The second kappa shape index (κ2) is 5.94. The van der Waals surface area contributed by atoms with E-state index >= 15 is 0 Å². The highest BCUT2D eigenvalue weighted by molar-refractivity contribution is 7.90. The predicted molar refractivity (Wildman–Crippen MR) is 79.0 cm³/mol. The van der Waals surface area contributed by atoms with E-state index in [0.717, 1.165) is 25.2 Å². The molecule has 0 bridgehead atoms. The molecule has 3 rings (SSSR count). The van der Waals surface area contributed by atoms with Gasteiger partial charge in [-0.25, -0.2) is 8.42 Å². The van der Waals surface area contributed by atoms with Gasteiger partial charge >= 0.3 is 0 Å². The monoisotopic (exact) mass is 311 g/mol. The summed E-state index contributed by atoms with van der Waals surface area (Å²) in [6.07, 6.45) is 4.64. The van der Waals surface area contributed by atoms with Gasteiger partial charge in [-0.15, -0.1) is 0 Å². The summed E-state index contributed by atoms with van der Waals surface area (Å²) < 4.78 is 34.8. The Balaban J connectivity index is 1.71. The van der Waals surface area contributed by atoms with Gasteiger partial charge in [0.25, 0.3) is 0 Å². The minimum atomic E-state index is -3.21. The van der Waals surface area contributed by atoms with Crippen LogP contribution in [0, 0.1) is 0 Å². The van der Waals surface area contributed by atoms with E-state index in [4.69, 9.17) is 9.47 Å². The number of rotatable bonds is 3. The predicted octanol–water partition coefficient (Wildman–Crippen LogP) is 1.81. The van der Waals surface area contributed by atoms with Crippen molar-refractivity contribution in [1.82, 2.24) is 4.90 Å². The number of piperidine rings is 1. The zero-order chi connectivity index (χ0) is 14.9. The van der Waals surface area contributed by atoms with E-state index in [2.05, 4.69) is 4.90 Å². The Labute approximate surface area is 125 Å². The molecule has 1 aromatic carbocycles. The molecular formula is C15H21NO4S. The molecule has 1 fully saturated rings. The zero-order valence-corrected chi connectivity index (χ0v) is 13.1. The van der Waals surface area contributed by atoms with Crippen LogP contribution in [0.5, 0.6) is 5.75 Å². The molecule has 1 atom stereocenters. The van der Waals surface area contributed by atoms with Gasteiger partial charge in [-0.1, -0.05) is 12.5 Å². The molecule has 0 saturated carbocycles. The molecule has 1 aromatic rings. The van der Waals surface area contributed by atoms with Gasteiger partial charge in [0.2, 0.25) is 6.29 Å². The van der Waals surface area contributed by atoms with Crippen LogP contribution >= 0.6 is 0 Å². The third-order valence-electron chi connectivity index (χ3n) is 4.01. The van der Waals surface area contributed by atoms with Crippen LogP contribution in [0.4, 0.5) is 0 Å². The maximum absolute atomic E-state index is 11.6. The fourth-order valence-corrected chi connectivity index (χ4v) is 3.43. The summed E-state index contributed by atoms with van der Waals surface area (Å²) in [6.45, 7) is 3.37. The van der Waals surface area contributed by atoms with Gasteiger partial charge in [-0.2, -0.15) is 0 Å². The molecule has 2 aliphatic rings.